The number of carbonyl (C=O) groups excluding carboxylic acids is 1. The van der Waals surface area contributed by atoms with Gasteiger partial charge in [0.05, 0.1) is 11.8 Å². The number of carbonyl (C=O) groups is 1. The smallest absolute Gasteiger partial charge is 0.196 e. The number of hydrogen-bond acceptors (Lipinski definition) is 5. The lowest BCUT2D eigenvalue weighted by Gasteiger charge is -2.56. The van der Waals surface area contributed by atoms with Crippen molar-refractivity contribution < 1.29 is 9.18 Å². The minimum absolute atomic E-state index is 0.0331. The van der Waals surface area contributed by atoms with Crippen LogP contribution in [0.2, 0.25) is 0 Å². The third-order valence-corrected chi connectivity index (χ3v) is 8.78. The lowest BCUT2D eigenvalue weighted by molar-refractivity contribution is -0.141. The molecule has 4 bridgehead atoms. The van der Waals surface area contributed by atoms with Crippen LogP contribution in [0.4, 0.5) is 4.39 Å². The average molecular weight is 443 g/mol. The predicted octanol–water partition coefficient (Wildman–Crippen LogP) is 4.91. The first-order chi connectivity index (χ1) is 14.8. The maximum Gasteiger partial charge on any atom is 0.196 e. The van der Waals surface area contributed by atoms with Gasteiger partial charge in [-0.15, -0.1) is 10.2 Å². The standard InChI is InChI=1S/C24H31FN4OS/c1-15(28(2)3)22-26-27-23(29(22)20-6-4-19(25)5-7-20)31-14-21(30)24-11-16-8-17(12-24)10-18(9-16)13-24/h4-7,15-18H,8-14H2,1-3H3/t15-,16?,17?,18?,24?/m1/s1. The van der Waals surface area contributed by atoms with E-state index in [1.807, 2.05) is 18.7 Å². The molecule has 4 saturated carbocycles. The van der Waals surface area contributed by atoms with E-state index in [-0.39, 0.29) is 17.3 Å². The molecule has 0 radical (unpaired) electrons. The molecule has 0 saturated heterocycles. The molecule has 0 amide bonds. The second-order valence-electron chi connectivity index (χ2n) is 10.2. The largest absolute Gasteiger partial charge is 0.300 e. The van der Waals surface area contributed by atoms with Gasteiger partial charge in [0.25, 0.3) is 0 Å². The molecule has 0 N–H and O–H groups in total. The molecule has 2 aromatic rings. The normalized spacial score (nSPS) is 30.2. The number of benzene rings is 1. The summed E-state index contributed by atoms with van der Waals surface area (Å²) in [5, 5.41) is 9.59. The van der Waals surface area contributed by atoms with Gasteiger partial charge in [0, 0.05) is 11.1 Å². The van der Waals surface area contributed by atoms with E-state index in [2.05, 4.69) is 22.0 Å². The number of halogens is 1. The molecule has 31 heavy (non-hydrogen) atoms. The van der Waals surface area contributed by atoms with Crippen molar-refractivity contribution in [3.63, 3.8) is 0 Å². The van der Waals surface area contributed by atoms with Gasteiger partial charge in [-0.25, -0.2) is 4.39 Å². The minimum atomic E-state index is -0.273. The molecule has 4 aliphatic rings. The topological polar surface area (TPSA) is 51.0 Å². The van der Waals surface area contributed by atoms with Crippen molar-refractivity contribution in [1.29, 1.82) is 0 Å². The van der Waals surface area contributed by atoms with Crippen molar-refractivity contribution in [3.05, 3.63) is 35.9 Å². The Labute approximate surface area is 187 Å². The molecular weight excluding hydrogens is 411 g/mol. The van der Waals surface area contributed by atoms with Gasteiger partial charge in [-0.1, -0.05) is 11.8 Å². The maximum absolute atomic E-state index is 13.5. The van der Waals surface area contributed by atoms with Crippen molar-refractivity contribution in [2.45, 2.75) is 56.6 Å². The zero-order chi connectivity index (χ0) is 21.8. The van der Waals surface area contributed by atoms with Crippen molar-refractivity contribution in [2.75, 3.05) is 19.8 Å². The number of thioether (sulfide) groups is 1. The highest BCUT2D eigenvalue weighted by Crippen LogP contribution is 2.60. The molecule has 1 heterocycles. The number of Topliss-reactive ketones (excluding diaryl/α,β-unsaturated/α-hetero) is 1. The van der Waals surface area contributed by atoms with Crippen LogP contribution in [0.1, 0.15) is 57.3 Å². The third-order valence-electron chi connectivity index (χ3n) is 7.85. The Kier molecular flexibility index (Phi) is 5.45. The average Bonchev–Trinajstić information content (AvgIpc) is 3.14. The Bertz CT molecular complexity index is 935. The quantitative estimate of drug-likeness (QED) is 0.571. The van der Waals surface area contributed by atoms with Crippen LogP contribution in [0.15, 0.2) is 29.4 Å². The van der Waals surface area contributed by atoms with Crippen LogP contribution in [0.25, 0.3) is 5.69 Å². The fourth-order valence-corrected chi connectivity index (χ4v) is 7.44. The van der Waals surface area contributed by atoms with Crippen molar-refractivity contribution >= 4 is 17.5 Å². The molecule has 1 atom stereocenters. The van der Waals surface area contributed by atoms with Crippen molar-refractivity contribution in [2.24, 2.45) is 23.2 Å². The Hall–Kier alpha value is -1.73. The minimum Gasteiger partial charge on any atom is -0.300 e. The zero-order valence-electron chi connectivity index (χ0n) is 18.6. The Morgan fingerprint density at radius 3 is 2.26 bits per heavy atom. The number of hydrogen-bond donors (Lipinski definition) is 0. The number of nitrogens with zero attached hydrogens (tertiary/aromatic N) is 4. The van der Waals surface area contributed by atoms with Gasteiger partial charge in [0.1, 0.15) is 11.6 Å². The third kappa shape index (κ3) is 3.84. The lowest BCUT2D eigenvalue weighted by Crippen LogP contribution is -2.50. The lowest BCUT2D eigenvalue weighted by atomic mass is 9.48. The molecule has 0 spiro atoms. The summed E-state index contributed by atoms with van der Waals surface area (Å²) in [6, 6.07) is 6.43. The van der Waals surface area contributed by atoms with Crippen LogP contribution >= 0.6 is 11.8 Å². The van der Waals surface area contributed by atoms with E-state index in [9.17, 15) is 9.18 Å². The van der Waals surface area contributed by atoms with E-state index < -0.39 is 0 Å². The van der Waals surface area contributed by atoms with Gasteiger partial charge >= 0.3 is 0 Å². The highest BCUT2D eigenvalue weighted by atomic mass is 32.2. The van der Waals surface area contributed by atoms with Crippen LogP contribution in [0.5, 0.6) is 0 Å². The summed E-state index contributed by atoms with van der Waals surface area (Å²) >= 11 is 1.48. The number of ketones is 1. The summed E-state index contributed by atoms with van der Waals surface area (Å²) < 4.78 is 15.5. The fraction of sp³-hybridized carbons (Fsp3) is 0.625. The molecule has 4 aliphatic carbocycles. The van der Waals surface area contributed by atoms with E-state index in [0.717, 1.165) is 48.5 Å². The molecule has 1 aromatic carbocycles. The van der Waals surface area contributed by atoms with Gasteiger partial charge in [0.2, 0.25) is 0 Å². The van der Waals surface area contributed by atoms with E-state index in [1.165, 1.54) is 43.2 Å². The summed E-state index contributed by atoms with van der Waals surface area (Å²) in [6.07, 6.45) is 7.28. The van der Waals surface area contributed by atoms with Gasteiger partial charge in [-0.2, -0.15) is 0 Å². The van der Waals surface area contributed by atoms with E-state index >= 15 is 0 Å². The van der Waals surface area contributed by atoms with Crippen molar-refractivity contribution in [1.82, 2.24) is 19.7 Å². The first kappa shape index (κ1) is 21.1. The van der Waals surface area contributed by atoms with E-state index in [1.54, 1.807) is 12.1 Å². The summed E-state index contributed by atoms with van der Waals surface area (Å²) in [4.78, 5) is 15.5. The van der Waals surface area contributed by atoms with Crippen molar-refractivity contribution in [3.8, 4) is 5.69 Å². The number of rotatable bonds is 7. The molecular formula is C24H31FN4OS. The Balaban J connectivity index is 1.39. The summed E-state index contributed by atoms with van der Waals surface area (Å²) in [5.41, 5.74) is 0.724. The Morgan fingerprint density at radius 1 is 1.13 bits per heavy atom. The highest BCUT2D eigenvalue weighted by molar-refractivity contribution is 7.99. The summed E-state index contributed by atoms with van der Waals surface area (Å²) in [6.45, 7) is 2.07. The van der Waals surface area contributed by atoms with Gasteiger partial charge < -0.3 is 0 Å². The first-order valence-corrected chi connectivity index (χ1v) is 12.4. The van der Waals surface area contributed by atoms with Gasteiger partial charge in [0.15, 0.2) is 11.0 Å². The summed E-state index contributed by atoms with van der Waals surface area (Å²) in [7, 11) is 4.00. The van der Waals surface area contributed by atoms with Crippen LogP contribution in [-0.4, -0.2) is 45.3 Å². The van der Waals surface area contributed by atoms with Gasteiger partial charge in [-0.3, -0.25) is 14.3 Å². The monoisotopic (exact) mass is 442 g/mol. The maximum atomic E-state index is 13.5. The van der Waals surface area contributed by atoms with Gasteiger partial charge in [-0.05, 0) is 102 Å². The molecule has 1 aromatic heterocycles. The second-order valence-corrected chi connectivity index (χ2v) is 11.1. The molecule has 166 valence electrons. The predicted molar refractivity (Wildman–Crippen MR) is 120 cm³/mol. The molecule has 5 nitrogen and oxygen atoms in total. The molecule has 7 heteroatoms. The molecule has 6 rings (SSSR count). The Morgan fingerprint density at radius 2 is 1.71 bits per heavy atom. The van der Waals surface area contributed by atoms with Crippen LogP contribution in [0, 0.1) is 29.0 Å². The molecule has 0 unspecified atom stereocenters. The number of aromatic nitrogens is 3. The first-order valence-electron chi connectivity index (χ1n) is 11.4. The molecule has 0 aliphatic heterocycles. The second kappa shape index (κ2) is 8.00. The highest BCUT2D eigenvalue weighted by Gasteiger charge is 2.54. The van der Waals surface area contributed by atoms with E-state index in [4.69, 9.17) is 0 Å². The van der Waals surface area contributed by atoms with E-state index in [0.29, 0.717) is 16.7 Å². The SMILES string of the molecule is C[C@H](c1nnc(SCC(=O)C23CC4CC(CC(C4)C2)C3)n1-c1ccc(F)cc1)N(C)C. The van der Waals surface area contributed by atoms with Crippen LogP contribution in [-0.2, 0) is 4.79 Å². The fourth-order valence-electron chi connectivity index (χ4n) is 6.44. The van der Waals surface area contributed by atoms with Crippen LogP contribution < -0.4 is 0 Å². The molecule has 4 fully saturated rings. The van der Waals surface area contributed by atoms with Crippen LogP contribution in [0.3, 0.4) is 0 Å². The zero-order valence-corrected chi connectivity index (χ0v) is 19.4. The summed E-state index contributed by atoms with van der Waals surface area (Å²) in [5.74, 6) is 3.63.